The molecule has 3 atom stereocenters. The van der Waals surface area contributed by atoms with Crippen molar-refractivity contribution in [3.8, 4) is 0 Å². The Morgan fingerprint density at radius 2 is 2.18 bits per heavy atom. The number of nitrogens with one attached hydrogen (secondary N) is 1. The van der Waals surface area contributed by atoms with Crippen molar-refractivity contribution in [2.24, 2.45) is 11.8 Å². The van der Waals surface area contributed by atoms with Gasteiger partial charge in [0.25, 0.3) is 0 Å². The summed E-state index contributed by atoms with van der Waals surface area (Å²) < 4.78 is 31.3. The molecular weight excluding hydrogens is 310 g/mol. The minimum Gasteiger partial charge on any atom is -0.466 e. The Labute approximate surface area is 129 Å². The van der Waals surface area contributed by atoms with Gasteiger partial charge in [-0.15, -0.1) is 0 Å². The Kier molecular flexibility index (Phi) is 4.02. The number of ether oxygens (including phenoxy) is 1. The SMILES string of the molecule is CCOC(=O)[C@@H]1C[C@H]1CS(=O)(=O)N1CCN2C(=O)NCC2C1. The van der Waals surface area contributed by atoms with Gasteiger partial charge in [0.1, 0.15) is 0 Å². The Hall–Kier alpha value is -1.35. The van der Waals surface area contributed by atoms with Crippen LogP contribution in [-0.4, -0.2) is 74.2 Å². The second kappa shape index (κ2) is 5.69. The molecule has 3 aliphatic rings. The summed E-state index contributed by atoms with van der Waals surface area (Å²) in [5.74, 6) is -0.709. The molecule has 3 rings (SSSR count). The predicted octanol–water partition coefficient (Wildman–Crippen LogP) is -0.775. The number of urea groups is 1. The van der Waals surface area contributed by atoms with Crippen LogP contribution in [0.1, 0.15) is 13.3 Å². The molecule has 0 spiro atoms. The van der Waals surface area contributed by atoms with Crippen LogP contribution in [-0.2, 0) is 19.6 Å². The van der Waals surface area contributed by atoms with Crippen LogP contribution in [0.25, 0.3) is 0 Å². The van der Waals surface area contributed by atoms with Crippen molar-refractivity contribution in [2.75, 3.05) is 38.5 Å². The Balaban J connectivity index is 1.56. The van der Waals surface area contributed by atoms with Crippen molar-refractivity contribution < 1.29 is 22.7 Å². The lowest BCUT2D eigenvalue weighted by Gasteiger charge is -2.35. The average Bonchev–Trinajstić information content (AvgIpc) is 3.13. The highest BCUT2D eigenvalue weighted by molar-refractivity contribution is 7.89. The molecule has 2 aliphatic heterocycles. The highest BCUT2D eigenvalue weighted by atomic mass is 32.2. The van der Waals surface area contributed by atoms with Gasteiger partial charge in [-0.05, 0) is 19.3 Å². The molecular formula is C13H21N3O5S. The van der Waals surface area contributed by atoms with E-state index in [1.807, 2.05) is 0 Å². The molecule has 22 heavy (non-hydrogen) atoms. The maximum atomic E-state index is 12.5. The number of rotatable bonds is 5. The van der Waals surface area contributed by atoms with E-state index < -0.39 is 10.0 Å². The van der Waals surface area contributed by atoms with Gasteiger partial charge in [-0.2, -0.15) is 4.31 Å². The zero-order valence-electron chi connectivity index (χ0n) is 12.5. The second-order valence-corrected chi connectivity index (χ2v) is 8.04. The normalized spacial score (nSPS) is 31.6. The largest absolute Gasteiger partial charge is 0.466 e. The van der Waals surface area contributed by atoms with E-state index in [0.717, 1.165) is 0 Å². The van der Waals surface area contributed by atoms with Crippen LogP contribution < -0.4 is 5.32 Å². The monoisotopic (exact) mass is 331 g/mol. The number of sulfonamides is 1. The molecule has 2 saturated heterocycles. The van der Waals surface area contributed by atoms with Crippen LogP contribution in [0.3, 0.4) is 0 Å². The molecule has 0 bridgehead atoms. The molecule has 1 aliphatic carbocycles. The smallest absolute Gasteiger partial charge is 0.317 e. The van der Waals surface area contributed by atoms with Crippen LogP contribution >= 0.6 is 0 Å². The van der Waals surface area contributed by atoms with E-state index in [9.17, 15) is 18.0 Å². The Morgan fingerprint density at radius 1 is 1.41 bits per heavy atom. The van der Waals surface area contributed by atoms with E-state index in [1.165, 1.54) is 4.31 Å². The fourth-order valence-corrected chi connectivity index (χ4v) is 5.05. The third kappa shape index (κ3) is 2.91. The van der Waals surface area contributed by atoms with Gasteiger partial charge in [-0.3, -0.25) is 4.79 Å². The lowest BCUT2D eigenvalue weighted by Crippen LogP contribution is -2.54. The molecule has 2 amide bonds. The summed E-state index contributed by atoms with van der Waals surface area (Å²) in [5, 5.41) is 2.73. The minimum atomic E-state index is -3.40. The van der Waals surface area contributed by atoms with E-state index in [1.54, 1.807) is 11.8 Å². The summed E-state index contributed by atoms with van der Waals surface area (Å²) >= 11 is 0. The van der Waals surface area contributed by atoms with Gasteiger partial charge in [-0.25, -0.2) is 13.2 Å². The Morgan fingerprint density at radius 3 is 2.91 bits per heavy atom. The van der Waals surface area contributed by atoms with Gasteiger partial charge in [0.05, 0.1) is 24.3 Å². The van der Waals surface area contributed by atoms with Gasteiger partial charge < -0.3 is 15.0 Å². The number of piperazine rings is 1. The van der Waals surface area contributed by atoms with Gasteiger partial charge in [0.2, 0.25) is 10.0 Å². The molecule has 0 aromatic rings. The first kappa shape index (κ1) is 15.5. The number of hydrogen-bond donors (Lipinski definition) is 1. The molecule has 1 unspecified atom stereocenters. The third-order valence-corrected chi connectivity index (χ3v) is 6.49. The molecule has 2 heterocycles. The number of nitrogens with zero attached hydrogens (tertiary/aromatic N) is 2. The highest BCUT2D eigenvalue weighted by Gasteiger charge is 2.48. The molecule has 124 valence electrons. The van der Waals surface area contributed by atoms with Crippen LogP contribution in [0.4, 0.5) is 4.79 Å². The van der Waals surface area contributed by atoms with Crippen molar-refractivity contribution in [3.63, 3.8) is 0 Å². The third-order valence-electron chi connectivity index (χ3n) is 4.53. The van der Waals surface area contributed by atoms with Gasteiger partial charge >= 0.3 is 12.0 Å². The lowest BCUT2D eigenvalue weighted by atomic mass is 10.2. The zero-order valence-corrected chi connectivity index (χ0v) is 13.3. The molecule has 0 radical (unpaired) electrons. The van der Waals surface area contributed by atoms with Crippen LogP contribution in [0.2, 0.25) is 0 Å². The molecule has 1 saturated carbocycles. The van der Waals surface area contributed by atoms with E-state index in [-0.39, 0.29) is 35.6 Å². The summed E-state index contributed by atoms with van der Waals surface area (Å²) in [6, 6.07) is -0.206. The van der Waals surface area contributed by atoms with E-state index in [2.05, 4.69) is 5.32 Å². The van der Waals surface area contributed by atoms with Crippen LogP contribution in [0.5, 0.6) is 0 Å². The molecule has 0 aromatic heterocycles. The first-order chi connectivity index (χ1) is 10.4. The summed E-state index contributed by atoms with van der Waals surface area (Å²) in [5.41, 5.74) is 0. The van der Waals surface area contributed by atoms with E-state index in [4.69, 9.17) is 4.74 Å². The predicted molar refractivity (Wildman–Crippen MR) is 77.5 cm³/mol. The average molecular weight is 331 g/mol. The number of fused-ring (bicyclic) bond motifs is 1. The number of carbonyl (C=O) groups is 2. The lowest BCUT2D eigenvalue weighted by molar-refractivity contribution is -0.144. The van der Waals surface area contributed by atoms with E-state index >= 15 is 0 Å². The van der Waals surface area contributed by atoms with Gasteiger partial charge in [0, 0.05) is 26.2 Å². The topological polar surface area (TPSA) is 96.0 Å². The Bertz CT molecular complexity index is 578. The number of carbonyl (C=O) groups excluding carboxylic acids is 2. The molecule has 9 heteroatoms. The van der Waals surface area contributed by atoms with Crippen LogP contribution in [0.15, 0.2) is 0 Å². The van der Waals surface area contributed by atoms with Crippen LogP contribution in [0, 0.1) is 11.8 Å². The molecule has 3 fully saturated rings. The number of esters is 1. The van der Waals surface area contributed by atoms with Crippen molar-refractivity contribution in [1.82, 2.24) is 14.5 Å². The van der Waals surface area contributed by atoms with Crippen molar-refractivity contribution in [2.45, 2.75) is 19.4 Å². The quantitative estimate of drug-likeness (QED) is 0.667. The number of hydrogen-bond acceptors (Lipinski definition) is 5. The summed E-state index contributed by atoms with van der Waals surface area (Å²) in [4.78, 5) is 24.8. The fourth-order valence-electron chi connectivity index (χ4n) is 3.17. The first-order valence-corrected chi connectivity index (χ1v) is 9.22. The van der Waals surface area contributed by atoms with E-state index in [0.29, 0.717) is 39.2 Å². The summed E-state index contributed by atoms with van der Waals surface area (Å²) in [6.45, 7) is 3.62. The molecule has 1 N–H and O–H groups in total. The van der Waals surface area contributed by atoms with Crippen molar-refractivity contribution in [3.05, 3.63) is 0 Å². The fraction of sp³-hybridized carbons (Fsp3) is 0.846. The molecule has 8 nitrogen and oxygen atoms in total. The first-order valence-electron chi connectivity index (χ1n) is 7.61. The number of amides is 2. The standard InChI is InChI=1S/C13H21N3O5S/c1-2-21-12(17)11-5-9(11)8-22(19,20)15-3-4-16-10(7-15)6-14-13(16)18/h9-11H,2-8H2,1H3,(H,14,18)/t9-,10?,11+/m0/s1. The summed E-state index contributed by atoms with van der Waals surface area (Å²) in [6.07, 6.45) is 0.585. The highest BCUT2D eigenvalue weighted by Crippen LogP contribution is 2.41. The van der Waals surface area contributed by atoms with Crippen molar-refractivity contribution >= 4 is 22.0 Å². The minimum absolute atomic E-state index is 0.00935. The summed E-state index contributed by atoms with van der Waals surface area (Å²) in [7, 11) is -3.40. The maximum absolute atomic E-state index is 12.5. The maximum Gasteiger partial charge on any atom is 0.317 e. The van der Waals surface area contributed by atoms with Crippen molar-refractivity contribution in [1.29, 1.82) is 0 Å². The second-order valence-electron chi connectivity index (χ2n) is 6.02. The van der Waals surface area contributed by atoms with Gasteiger partial charge in [-0.1, -0.05) is 0 Å². The molecule has 0 aromatic carbocycles. The van der Waals surface area contributed by atoms with Gasteiger partial charge in [0.15, 0.2) is 0 Å². The zero-order chi connectivity index (χ0) is 15.9.